The summed E-state index contributed by atoms with van der Waals surface area (Å²) in [5.74, 6) is -2.49. The summed E-state index contributed by atoms with van der Waals surface area (Å²) >= 11 is 3.19. The number of carbonyl (C=O) groups excluding carboxylic acids is 1. The van der Waals surface area contributed by atoms with Gasteiger partial charge in [0.15, 0.2) is 11.6 Å². The topological polar surface area (TPSA) is 36.4 Å². The Balaban J connectivity index is 1.48. The maximum atomic E-state index is 14.0. The molecule has 1 amide bonds. The molecule has 0 saturated carbocycles. The van der Waals surface area contributed by atoms with E-state index in [-0.39, 0.29) is 43.6 Å². The number of amides is 1. The monoisotopic (exact) mass is 419 g/mol. The van der Waals surface area contributed by atoms with Gasteiger partial charge in [0.25, 0.3) is 5.92 Å². The number of pyridine rings is 1. The molecule has 0 aliphatic carbocycles. The minimum Gasteiger partial charge on any atom is -0.354 e. The van der Waals surface area contributed by atoms with Crippen molar-refractivity contribution in [3.05, 3.63) is 22.6 Å². The molecule has 0 N–H and O–H groups in total. The van der Waals surface area contributed by atoms with Gasteiger partial charge in [0.2, 0.25) is 5.91 Å². The summed E-state index contributed by atoms with van der Waals surface area (Å²) in [7, 11) is 0. The van der Waals surface area contributed by atoms with Gasteiger partial charge in [0.05, 0.1) is 0 Å². The van der Waals surface area contributed by atoms with Crippen molar-refractivity contribution >= 4 is 27.7 Å². The molecule has 8 heteroatoms. The second kappa shape index (κ2) is 7.51. The van der Waals surface area contributed by atoms with Gasteiger partial charge < -0.3 is 9.80 Å². The Morgan fingerprint density at radius 1 is 1.24 bits per heavy atom. The molecular formula is C17H21BrF3N3O. The Hall–Kier alpha value is -1.31. The molecule has 1 aromatic heterocycles. The molecule has 2 aliphatic rings. The van der Waals surface area contributed by atoms with Crippen molar-refractivity contribution in [1.29, 1.82) is 0 Å². The van der Waals surface area contributed by atoms with Crippen LogP contribution < -0.4 is 4.90 Å². The van der Waals surface area contributed by atoms with E-state index in [0.29, 0.717) is 29.8 Å². The van der Waals surface area contributed by atoms with E-state index in [4.69, 9.17) is 0 Å². The molecule has 2 fully saturated rings. The van der Waals surface area contributed by atoms with Crippen molar-refractivity contribution in [2.24, 2.45) is 5.92 Å². The van der Waals surface area contributed by atoms with Crippen LogP contribution in [0.1, 0.15) is 32.1 Å². The average Bonchev–Trinajstić information content (AvgIpc) is 2.56. The summed E-state index contributed by atoms with van der Waals surface area (Å²) in [6, 6.07) is 1.39. The molecular weight excluding hydrogens is 399 g/mol. The Labute approximate surface area is 153 Å². The number of hydrogen-bond acceptors (Lipinski definition) is 3. The van der Waals surface area contributed by atoms with Crippen molar-refractivity contribution in [2.45, 2.75) is 38.0 Å². The first kappa shape index (κ1) is 18.5. The number of halogens is 4. The minimum atomic E-state index is -2.64. The van der Waals surface area contributed by atoms with Crippen LogP contribution in [0.4, 0.5) is 19.0 Å². The molecule has 0 radical (unpaired) electrons. The Kier molecular flexibility index (Phi) is 5.55. The van der Waals surface area contributed by atoms with Crippen LogP contribution in [0.15, 0.2) is 16.7 Å². The Morgan fingerprint density at radius 2 is 1.88 bits per heavy atom. The minimum absolute atomic E-state index is 0.0399. The first-order chi connectivity index (χ1) is 11.8. The number of anilines is 1. The number of rotatable bonds is 3. The van der Waals surface area contributed by atoms with E-state index in [1.54, 1.807) is 11.1 Å². The van der Waals surface area contributed by atoms with Gasteiger partial charge in [-0.3, -0.25) is 4.79 Å². The molecule has 0 bridgehead atoms. The van der Waals surface area contributed by atoms with Crippen LogP contribution in [-0.2, 0) is 4.79 Å². The zero-order valence-electron chi connectivity index (χ0n) is 13.9. The highest BCUT2D eigenvalue weighted by Gasteiger charge is 2.36. The lowest BCUT2D eigenvalue weighted by Gasteiger charge is -2.35. The van der Waals surface area contributed by atoms with Crippen LogP contribution in [0.5, 0.6) is 0 Å². The van der Waals surface area contributed by atoms with Gasteiger partial charge in [0.1, 0.15) is 0 Å². The molecule has 138 valence electrons. The van der Waals surface area contributed by atoms with Crippen LogP contribution in [0.25, 0.3) is 0 Å². The second-order valence-electron chi connectivity index (χ2n) is 6.83. The summed E-state index contributed by atoms with van der Waals surface area (Å²) in [6.45, 7) is 1.56. The predicted octanol–water partition coefficient (Wildman–Crippen LogP) is 3.85. The fourth-order valence-corrected chi connectivity index (χ4v) is 3.75. The zero-order chi connectivity index (χ0) is 18.0. The molecule has 3 heterocycles. The van der Waals surface area contributed by atoms with Gasteiger partial charge in [-0.25, -0.2) is 18.2 Å². The number of aromatic nitrogens is 1. The van der Waals surface area contributed by atoms with Crippen molar-refractivity contribution in [3.63, 3.8) is 0 Å². The molecule has 1 aromatic rings. The SMILES string of the molecule is O=C(CC1CCN(c2ncc(Br)cc2F)CC1)N1CCC(F)(F)CC1. The largest absolute Gasteiger partial charge is 0.354 e. The van der Waals surface area contributed by atoms with Crippen molar-refractivity contribution in [3.8, 4) is 0 Å². The molecule has 3 rings (SSSR count). The molecule has 2 saturated heterocycles. The second-order valence-corrected chi connectivity index (χ2v) is 7.75. The van der Waals surface area contributed by atoms with E-state index in [2.05, 4.69) is 20.9 Å². The van der Waals surface area contributed by atoms with Crippen molar-refractivity contribution in [2.75, 3.05) is 31.1 Å². The fourth-order valence-electron chi connectivity index (χ4n) is 3.45. The fraction of sp³-hybridized carbons (Fsp3) is 0.647. The van der Waals surface area contributed by atoms with E-state index in [9.17, 15) is 18.0 Å². The number of carbonyl (C=O) groups is 1. The van der Waals surface area contributed by atoms with Crippen LogP contribution in [0.2, 0.25) is 0 Å². The zero-order valence-corrected chi connectivity index (χ0v) is 15.4. The van der Waals surface area contributed by atoms with E-state index < -0.39 is 5.92 Å². The van der Waals surface area contributed by atoms with Gasteiger partial charge >= 0.3 is 0 Å². The number of nitrogens with zero attached hydrogens (tertiary/aromatic N) is 3. The van der Waals surface area contributed by atoms with Gasteiger partial charge in [-0.15, -0.1) is 0 Å². The number of likely N-dealkylation sites (tertiary alicyclic amines) is 1. The lowest BCUT2D eigenvalue weighted by atomic mass is 9.92. The number of hydrogen-bond donors (Lipinski definition) is 0. The van der Waals surface area contributed by atoms with E-state index in [1.807, 2.05) is 4.90 Å². The van der Waals surface area contributed by atoms with Crippen LogP contribution in [0.3, 0.4) is 0 Å². The Morgan fingerprint density at radius 3 is 2.48 bits per heavy atom. The van der Waals surface area contributed by atoms with Crippen LogP contribution in [0, 0.1) is 11.7 Å². The average molecular weight is 420 g/mol. The third kappa shape index (κ3) is 4.65. The molecule has 0 atom stereocenters. The first-order valence-electron chi connectivity index (χ1n) is 8.56. The van der Waals surface area contributed by atoms with Gasteiger partial charge in [-0.05, 0) is 40.8 Å². The lowest BCUT2D eigenvalue weighted by Crippen LogP contribution is -2.44. The summed E-state index contributed by atoms with van der Waals surface area (Å²) in [5.41, 5.74) is 0. The molecule has 0 unspecified atom stereocenters. The molecule has 0 aromatic carbocycles. The standard InChI is InChI=1S/C17H21BrF3N3O/c18-13-10-14(19)16(22-11-13)24-5-1-12(2-6-24)9-15(25)23-7-3-17(20,21)4-8-23/h10-12H,1-9H2. The van der Waals surface area contributed by atoms with E-state index in [1.165, 1.54) is 6.07 Å². The number of alkyl halides is 2. The third-order valence-electron chi connectivity index (χ3n) is 5.01. The Bertz CT molecular complexity index is 626. The molecule has 4 nitrogen and oxygen atoms in total. The highest BCUT2D eigenvalue weighted by molar-refractivity contribution is 9.10. The van der Waals surface area contributed by atoms with Crippen LogP contribution >= 0.6 is 15.9 Å². The maximum absolute atomic E-state index is 14.0. The van der Waals surface area contributed by atoms with Gasteiger partial charge in [0, 0.05) is 56.1 Å². The predicted molar refractivity (Wildman–Crippen MR) is 92.2 cm³/mol. The smallest absolute Gasteiger partial charge is 0.251 e. The van der Waals surface area contributed by atoms with Gasteiger partial charge in [-0.2, -0.15) is 0 Å². The number of piperidine rings is 2. The lowest BCUT2D eigenvalue weighted by molar-refractivity contribution is -0.138. The summed E-state index contributed by atoms with van der Waals surface area (Å²) in [6.07, 6.45) is 3.01. The van der Waals surface area contributed by atoms with Gasteiger partial charge in [-0.1, -0.05) is 0 Å². The highest BCUT2D eigenvalue weighted by atomic mass is 79.9. The summed E-state index contributed by atoms with van der Waals surface area (Å²) < 4.78 is 40.9. The third-order valence-corrected chi connectivity index (χ3v) is 5.45. The molecule has 25 heavy (non-hydrogen) atoms. The van der Waals surface area contributed by atoms with Crippen molar-refractivity contribution < 1.29 is 18.0 Å². The van der Waals surface area contributed by atoms with Crippen LogP contribution in [-0.4, -0.2) is 47.9 Å². The summed E-state index contributed by atoms with van der Waals surface area (Å²) in [5, 5.41) is 0. The normalized spacial score (nSPS) is 21.4. The maximum Gasteiger partial charge on any atom is 0.251 e. The van der Waals surface area contributed by atoms with Crippen molar-refractivity contribution in [1.82, 2.24) is 9.88 Å². The molecule has 0 spiro atoms. The van der Waals surface area contributed by atoms with E-state index in [0.717, 1.165) is 12.8 Å². The first-order valence-corrected chi connectivity index (χ1v) is 9.35. The quantitative estimate of drug-likeness (QED) is 0.746. The molecule has 2 aliphatic heterocycles. The highest BCUT2D eigenvalue weighted by Crippen LogP contribution is 2.30. The summed E-state index contributed by atoms with van der Waals surface area (Å²) in [4.78, 5) is 19.9. The van der Waals surface area contributed by atoms with E-state index >= 15 is 0 Å².